The molecule has 1 saturated heterocycles. The van der Waals surface area contributed by atoms with Crippen LogP contribution in [0.2, 0.25) is 0 Å². The number of hydrogen-bond acceptors (Lipinski definition) is 4. The second kappa shape index (κ2) is 8.67. The summed E-state index contributed by atoms with van der Waals surface area (Å²) in [4.78, 5) is 16.4. The molecule has 0 atom stereocenters. The first-order valence-corrected chi connectivity index (χ1v) is 8.89. The van der Waals surface area contributed by atoms with E-state index in [9.17, 15) is 14.3 Å². The fourth-order valence-electron chi connectivity index (χ4n) is 3.12. The van der Waals surface area contributed by atoms with Gasteiger partial charge in [0, 0.05) is 51.4 Å². The number of amides is 1. The molecule has 1 fully saturated rings. The molecule has 5 nitrogen and oxygen atoms in total. The average Bonchev–Trinajstić information content (AvgIpc) is 2.66. The van der Waals surface area contributed by atoms with Gasteiger partial charge in [-0.1, -0.05) is 12.1 Å². The summed E-state index contributed by atoms with van der Waals surface area (Å²) in [6.07, 6.45) is 0.454. The van der Waals surface area contributed by atoms with E-state index < -0.39 is 0 Å². The van der Waals surface area contributed by atoms with Crippen molar-refractivity contribution >= 4 is 11.6 Å². The van der Waals surface area contributed by atoms with Crippen LogP contribution in [-0.2, 0) is 11.3 Å². The normalized spacial score (nSPS) is 14.5. The van der Waals surface area contributed by atoms with Gasteiger partial charge in [-0.2, -0.15) is 0 Å². The predicted octanol–water partition coefficient (Wildman–Crippen LogP) is 2.36. The number of benzene rings is 2. The summed E-state index contributed by atoms with van der Waals surface area (Å²) >= 11 is 0. The Hall–Kier alpha value is -2.60. The van der Waals surface area contributed by atoms with Crippen LogP contribution in [0.4, 0.5) is 10.1 Å². The smallest absolute Gasteiger partial charge is 0.223 e. The molecule has 1 aliphatic heterocycles. The summed E-state index contributed by atoms with van der Waals surface area (Å²) in [5, 5.41) is 12.7. The monoisotopic (exact) mass is 357 g/mol. The van der Waals surface area contributed by atoms with Crippen LogP contribution in [0.3, 0.4) is 0 Å². The molecule has 26 heavy (non-hydrogen) atoms. The van der Waals surface area contributed by atoms with Gasteiger partial charge in [-0.3, -0.25) is 4.79 Å². The van der Waals surface area contributed by atoms with E-state index in [4.69, 9.17) is 0 Å². The quantitative estimate of drug-likeness (QED) is 0.780. The molecule has 138 valence electrons. The fraction of sp³-hybridized carbons (Fsp3) is 0.350. The summed E-state index contributed by atoms with van der Waals surface area (Å²) in [7, 11) is 0. The Morgan fingerprint density at radius 2 is 1.81 bits per heavy atom. The van der Waals surface area contributed by atoms with E-state index in [-0.39, 0.29) is 17.5 Å². The van der Waals surface area contributed by atoms with Gasteiger partial charge in [0.1, 0.15) is 11.6 Å². The maximum absolute atomic E-state index is 13.0. The van der Waals surface area contributed by atoms with Gasteiger partial charge < -0.3 is 20.2 Å². The van der Waals surface area contributed by atoms with E-state index in [0.717, 1.165) is 24.3 Å². The molecular formula is C20H24FN3O2. The second-order valence-electron chi connectivity index (χ2n) is 6.44. The van der Waals surface area contributed by atoms with E-state index in [1.54, 1.807) is 30.3 Å². The lowest BCUT2D eigenvalue weighted by Crippen LogP contribution is -2.49. The zero-order valence-electron chi connectivity index (χ0n) is 14.7. The lowest BCUT2D eigenvalue weighted by Gasteiger charge is -2.36. The first kappa shape index (κ1) is 18.2. The first-order chi connectivity index (χ1) is 12.6. The SMILES string of the molecule is O=C(CCNCc1cccc(O)c1)N1CCN(c2ccc(F)cc2)CC1. The summed E-state index contributed by atoms with van der Waals surface area (Å²) in [6.45, 7) is 4.11. The van der Waals surface area contributed by atoms with Crippen molar-refractivity contribution in [1.29, 1.82) is 0 Å². The molecule has 2 aromatic rings. The molecule has 1 heterocycles. The molecule has 0 bridgehead atoms. The topological polar surface area (TPSA) is 55.8 Å². The van der Waals surface area contributed by atoms with Crippen LogP contribution in [0.1, 0.15) is 12.0 Å². The van der Waals surface area contributed by atoms with Crippen molar-refractivity contribution in [1.82, 2.24) is 10.2 Å². The van der Waals surface area contributed by atoms with Crippen molar-refractivity contribution in [2.24, 2.45) is 0 Å². The first-order valence-electron chi connectivity index (χ1n) is 8.89. The third-order valence-electron chi connectivity index (χ3n) is 4.58. The highest BCUT2D eigenvalue weighted by molar-refractivity contribution is 5.76. The molecule has 0 aliphatic carbocycles. The number of piperazine rings is 1. The molecule has 3 rings (SSSR count). The zero-order valence-corrected chi connectivity index (χ0v) is 14.7. The highest BCUT2D eigenvalue weighted by Crippen LogP contribution is 2.17. The van der Waals surface area contributed by atoms with Crippen LogP contribution in [0, 0.1) is 5.82 Å². The molecule has 0 aromatic heterocycles. The van der Waals surface area contributed by atoms with Crippen LogP contribution in [-0.4, -0.2) is 48.6 Å². The van der Waals surface area contributed by atoms with Crippen LogP contribution >= 0.6 is 0 Å². The summed E-state index contributed by atoms with van der Waals surface area (Å²) < 4.78 is 13.0. The Morgan fingerprint density at radius 3 is 2.50 bits per heavy atom. The Bertz CT molecular complexity index is 728. The molecule has 0 radical (unpaired) electrons. The minimum absolute atomic E-state index is 0.146. The molecule has 6 heteroatoms. The highest BCUT2D eigenvalue weighted by Gasteiger charge is 2.20. The van der Waals surface area contributed by atoms with Gasteiger partial charge in [-0.05, 0) is 42.0 Å². The lowest BCUT2D eigenvalue weighted by molar-refractivity contribution is -0.131. The maximum atomic E-state index is 13.0. The van der Waals surface area contributed by atoms with E-state index in [2.05, 4.69) is 10.2 Å². The minimum Gasteiger partial charge on any atom is -0.508 e. The number of halogens is 1. The number of carbonyl (C=O) groups excluding carboxylic acids is 1. The molecule has 1 amide bonds. The summed E-state index contributed by atoms with van der Waals surface area (Å²) in [5.74, 6) is 0.160. The molecule has 1 aliphatic rings. The molecule has 0 spiro atoms. The van der Waals surface area contributed by atoms with Gasteiger partial charge in [-0.25, -0.2) is 4.39 Å². The van der Waals surface area contributed by atoms with Crippen LogP contribution in [0.25, 0.3) is 0 Å². The van der Waals surface area contributed by atoms with Crippen molar-refractivity contribution in [2.75, 3.05) is 37.6 Å². The fourth-order valence-corrected chi connectivity index (χ4v) is 3.12. The lowest BCUT2D eigenvalue weighted by atomic mass is 10.2. The largest absolute Gasteiger partial charge is 0.508 e. The van der Waals surface area contributed by atoms with Crippen molar-refractivity contribution < 1.29 is 14.3 Å². The number of carbonyl (C=O) groups is 1. The van der Waals surface area contributed by atoms with Gasteiger partial charge in [-0.15, -0.1) is 0 Å². The molecule has 2 aromatic carbocycles. The van der Waals surface area contributed by atoms with Crippen LogP contribution in [0.15, 0.2) is 48.5 Å². The van der Waals surface area contributed by atoms with Crippen molar-refractivity contribution in [3.8, 4) is 5.75 Å². The number of phenolic OH excluding ortho intramolecular Hbond substituents is 1. The van der Waals surface area contributed by atoms with Gasteiger partial charge in [0.2, 0.25) is 5.91 Å². The standard InChI is InChI=1S/C20H24FN3O2/c21-17-4-6-18(7-5-17)23-10-12-24(13-11-23)20(26)8-9-22-15-16-2-1-3-19(25)14-16/h1-7,14,22,25H,8-13,15H2. The Morgan fingerprint density at radius 1 is 1.08 bits per heavy atom. The number of aromatic hydroxyl groups is 1. The average molecular weight is 357 g/mol. The van der Waals surface area contributed by atoms with Gasteiger partial charge in [0.25, 0.3) is 0 Å². The second-order valence-corrected chi connectivity index (χ2v) is 6.44. The Kier molecular flexibility index (Phi) is 6.07. The van der Waals surface area contributed by atoms with Crippen molar-refractivity contribution in [3.63, 3.8) is 0 Å². The number of nitrogens with zero attached hydrogens (tertiary/aromatic N) is 2. The number of rotatable bonds is 6. The summed E-state index contributed by atoms with van der Waals surface area (Å²) in [6, 6.07) is 13.6. The van der Waals surface area contributed by atoms with E-state index in [1.807, 2.05) is 11.0 Å². The van der Waals surface area contributed by atoms with E-state index in [0.29, 0.717) is 32.6 Å². The number of phenols is 1. The molecule has 0 saturated carbocycles. The molecular weight excluding hydrogens is 333 g/mol. The Balaban J connectivity index is 1.37. The molecule has 2 N–H and O–H groups in total. The van der Waals surface area contributed by atoms with E-state index >= 15 is 0 Å². The third-order valence-corrected chi connectivity index (χ3v) is 4.58. The Labute approximate surface area is 153 Å². The number of nitrogens with one attached hydrogen (secondary N) is 1. The van der Waals surface area contributed by atoms with Crippen molar-refractivity contribution in [2.45, 2.75) is 13.0 Å². The number of anilines is 1. The third kappa shape index (κ3) is 4.95. The van der Waals surface area contributed by atoms with Crippen molar-refractivity contribution in [3.05, 3.63) is 59.9 Å². The summed E-state index contributed by atoms with van der Waals surface area (Å²) in [5.41, 5.74) is 1.98. The van der Waals surface area contributed by atoms with Gasteiger partial charge in [0.15, 0.2) is 0 Å². The van der Waals surface area contributed by atoms with Gasteiger partial charge >= 0.3 is 0 Å². The van der Waals surface area contributed by atoms with Crippen LogP contribution in [0.5, 0.6) is 5.75 Å². The minimum atomic E-state index is -0.235. The van der Waals surface area contributed by atoms with Gasteiger partial charge in [0.05, 0.1) is 0 Å². The predicted molar refractivity (Wildman–Crippen MR) is 99.6 cm³/mol. The van der Waals surface area contributed by atoms with E-state index in [1.165, 1.54) is 12.1 Å². The maximum Gasteiger partial charge on any atom is 0.223 e. The highest BCUT2D eigenvalue weighted by atomic mass is 19.1. The number of hydrogen-bond donors (Lipinski definition) is 2. The molecule has 0 unspecified atom stereocenters. The van der Waals surface area contributed by atoms with Crippen LogP contribution < -0.4 is 10.2 Å². The zero-order chi connectivity index (χ0) is 18.4.